The average Bonchev–Trinajstić information content (AvgIpc) is 3.02. The Labute approximate surface area is 166 Å². The van der Waals surface area contributed by atoms with Gasteiger partial charge in [-0.3, -0.25) is 25.2 Å². The van der Waals surface area contributed by atoms with Crippen LogP contribution >= 0.6 is 11.3 Å². The number of fused-ring (bicyclic) bond motifs is 1. The normalized spacial score (nSPS) is 13.6. The summed E-state index contributed by atoms with van der Waals surface area (Å²) in [5, 5.41) is 2.48. The number of anilines is 1. The fourth-order valence-corrected chi connectivity index (χ4v) is 4.33. The number of hydrogen-bond donors (Lipinski definition) is 3. The molecule has 2 aromatic rings. The van der Waals surface area contributed by atoms with E-state index in [1.165, 1.54) is 53.7 Å². The smallest absolute Gasteiger partial charge is 0.279 e. The van der Waals surface area contributed by atoms with E-state index in [1.54, 1.807) is 0 Å². The van der Waals surface area contributed by atoms with Gasteiger partial charge in [0.05, 0.1) is 10.4 Å². The summed E-state index contributed by atoms with van der Waals surface area (Å²) in [5.74, 6) is -2.31. The third-order valence-corrected chi connectivity index (χ3v) is 5.78. The van der Waals surface area contributed by atoms with Crippen molar-refractivity contribution in [2.24, 2.45) is 0 Å². The van der Waals surface area contributed by atoms with Gasteiger partial charge in [-0.2, -0.15) is 0 Å². The average molecular weight is 403 g/mol. The lowest BCUT2D eigenvalue weighted by Gasteiger charge is -2.09. The van der Waals surface area contributed by atoms with Gasteiger partial charge in [-0.15, -0.1) is 11.3 Å². The molecule has 0 saturated heterocycles. The summed E-state index contributed by atoms with van der Waals surface area (Å²) in [4.78, 5) is 37.5. The van der Waals surface area contributed by atoms with Gasteiger partial charge in [0.1, 0.15) is 5.82 Å². The van der Waals surface area contributed by atoms with E-state index < -0.39 is 17.6 Å². The van der Waals surface area contributed by atoms with Crippen molar-refractivity contribution in [1.82, 2.24) is 10.9 Å². The number of benzene rings is 1. The van der Waals surface area contributed by atoms with Crippen LogP contribution in [0.5, 0.6) is 0 Å². The summed E-state index contributed by atoms with van der Waals surface area (Å²) in [7, 11) is 0. The molecule has 1 aliphatic rings. The Kier molecular flexibility index (Phi) is 6.41. The lowest BCUT2D eigenvalue weighted by atomic mass is 10.00. The van der Waals surface area contributed by atoms with Gasteiger partial charge in [-0.05, 0) is 55.5 Å². The van der Waals surface area contributed by atoms with Gasteiger partial charge in [-0.25, -0.2) is 4.39 Å². The first kappa shape index (κ1) is 20.0. The van der Waals surface area contributed by atoms with Crippen LogP contribution in [0.3, 0.4) is 0 Å². The molecule has 1 aromatic heterocycles. The van der Waals surface area contributed by atoms with Crippen LogP contribution in [-0.2, 0) is 17.6 Å². The van der Waals surface area contributed by atoms with Crippen molar-refractivity contribution in [3.63, 3.8) is 0 Å². The zero-order valence-corrected chi connectivity index (χ0v) is 16.4. The third-order valence-electron chi connectivity index (χ3n) is 4.54. The molecule has 3 N–H and O–H groups in total. The molecule has 6 nitrogen and oxygen atoms in total. The number of thiophene rings is 1. The molecule has 0 bridgehead atoms. The monoisotopic (exact) mass is 403 g/mol. The summed E-state index contributed by atoms with van der Waals surface area (Å²) < 4.78 is 14.0. The molecule has 0 fully saturated rings. The first-order valence-electron chi connectivity index (χ1n) is 9.23. The third kappa shape index (κ3) is 4.95. The van der Waals surface area contributed by atoms with Crippen LogP contribution in [0.2, 0.25) is 0 Å². The van der Waals surface area contributed by atoms with Crippen LogP contribution < -0.4 is 16.2 Å². The minimum Gasteiger partial charge on any atom is -0.326 e. The molecular formula is C20H22FN3O3S. The van der Waals surface area contributed by atoms with Crippen LogP contribution in [0, 0.1) is 5.82 Å². The molecule has 3 amide bonds. The Morgan fingerprint density at radius 2 is 1.68 bits per heavy atom. The van der Waals surface area contributed by atoms with Crippen molar-refractivity contribution >= 4 is 34.7 Å². The lowest BCUT2D eigenvalue weighted by molar-refractivity contribution is -0.114. The molecular weight excluding hydrogens is 381 g/mol. The second kappa shape index (κ2) is 8.97. The van der Waals surface area contributed by atoms with E-state index in [0.717, 1.165) is 31.7 Å². The van der Waals surface area contributed by atoms with Crippen LogP contribution in [0.15, 0.2) is 24.3 Å². The van der Waals surface area contributed by atoms with E-state index in [2.05, 4.69) is 16.2 Å². The Hall–Kier alpha value is -2.74. The molecule has 0 atom stereocenters. The first-order chi connectivity index (χ1) is 13.4. The van der Waals surface area contributed by atoms with E-state index in [9.17, 15) is 18.8 Å². The van der Waals surface area contributed by atoms with Crippen LogP contribution in [0.4, 0.5) is 10.1 Å². The highest BCUT2D eigenvalue weighted by atomic mass is 32.1. The van der Waals surface area contributed by atoms with Crippen molar-refractivity contribution < 1.29 is 18.8 Å². The van der Waals surface area contributed by atoms with Crippen molar-refractivity contribution in [1.29, 1.82) is 0 Å². The summed E-state index contributed by atoms with van der Waals surface area (Å²) >= 11 is 1.44. The largest absolute Gasteiger partial charge is 0.326 e. The molecule has 0 saturated carbocycles. The lowest BCUT2D eigenvalue weighted by Crippen LogP contribution is -2.41. The van der Waals surface area contributed by atoms with Gasteiger partial charge in [0.15, 0.2) is 0 Å². The van der Waals surface area contributed by atoms with Gasteiger partial charge in [0, 0.05) is 17.5 Å². The minimum atomic E-state index is -0.798. The highest BCUT2D eigenvalue weighted by Gasteiger charge is 2.18. The summed E-state index contributed by atoms with van der Waals surface area (Å²) in [6.45, 7) is 1.31. The second-order valence-electron chi connectivity index (χ2n) is 6.76. The number of aryl methyl sites for hydroxylation is 2. The predicted molar refractivity (Wildman–Crippen MR) is 106 cm³/mol. The van der Waals surface area contributed by atoms with Crippen molar-refractivity contribution in [3.05, 3.63) is 51.0 Å². The number of rotatable bonds is 3. The summed E-state index contributed by atoms with van der Waals surface area (Å²) in [5.41, 5.74) is 5.81. The van der Waals surface area contributed by atoms with Gasteiger partial charge in [0.25, 0.3) is 11.8 Å². The van der Waals surface area contributed by atoms with E-state index in [4.69, 9.17) is 0 Å². The molecule has 0 aliphatic heterocycles. The summed E-state index contributed by atoms with van der Waals surface area (Å²) in [6.07, 6.45) is 6.59. The highest BCUT2D eigenvalue weighted by molar-refractivity contribution is 7.14. The van der Waals surface area contributed by atoms with Crippen LogP contribution in [0.25, 0.3) is 0 Å². The maximum absolute atomic E-state index is 14.0. The van der Waals surface area contributed by atoms with Crippen molar-refractivity contribution in [2.45, 2.75) is 45.4 Å². The van der Waals surface area contributed by atoms with Gasteiger partial charge in [-0.1, -0.05) is 12.8 Å². The topological polar surface area (TPSA) is 87.3 Å². The highest BCUT2D eigenvalue weighted by Crippen LogP contribution is 2.28. The number of nitrogens with one attached hydrogen (secondary N) is 3. The molecule has 3 rings (SSSR count). The quantitative estimate of drug-likeness (QED) is 0.685. The molecule has 148 valence electrons. The number of carbonyl (C=O) groups excluding carboxylic acids is 3. The zero-order chi connectivity index (χ0) is 20.1. The molecule has 1 aliphatic carbocycles. The zero-order valence-electron chi connectivity index (χ0n) is 15.6. The molecule has 28 heavy (non-hydrogen) atoms. The SMILES string of the molecule is CC(=O)Nc1ccc(F)c(C(=O)NNC(=O)c2cc3c(s2)CCCCCC3)c1. The Morgan fingerprint density at radius 1 is 0.964 bits per heavy atom. The molecule has 0 radical (unpaired) electrons. The molecule has 0 spiro atoms. The van der Waals surface area contributed by atoms with E-state index in [0.29, 0.717) is 10.6 Å². The number of amides is 3. The van der Waals surface area contributed by atoms with Crippen molar-refractivity contribution in [3.8, 4) is 0 Å². The van der Waals surface area contributed by atoms with Gasteiger partial charge >= 0.3 is 0 Å². The van der Waals surface area contributed by atoms with Crippen LogP contribution in [-0.4, -0.2) is 17.7 Å². The van der Waals surface area contributed by atoms with Gasteiger partial charge < -0.3 is 5.32 Å². The fraction of sp³-hybridized carbons (Fsp3) is 0.350. The molecule has 1 heterocycles. The number of halogens is 1. The van der Waals surface area contributed by atoms with Gasteiger partial charge in [0.2, 0.25) is 5.91 Å². The Balaban J connectivity index is 1.65. The number of hydrazine groups is 1. The van der Waals surface area contributed by atoms with Crippen molar-refractivity contribution in [2.75, 3.05) is 5.32 Å². The molecule has 8 heteroatoms. The standard InChI is InChI=1S/C20H22FN3O3S/c1-12(25)22-14-8-9-16(21)15(11-14)19(26)23-24-20(27)18-10-13-6-4-2-3-5-7-17(13)28-18/h8-11H,2-7H2,1H3,(H,22,25)(H,23,26)(H,24,27). The number of carbonyl (C=O) groups is 3. The number of hydrogen-bond acceptors (Lipinski definition) is 4. The van der Waals surface area contributed by atoms with Crippen LogP contribution in [0.1, 0.15) is 63.1 Å². The molecule has 0 unspecified atom stereocenters. The predicted octanol–water partition coefficient (Wildman–Crippen LogP) is 3.58. The molecule has 1 aromatic carbocycles. The first-order valence-corrected chi connectivity index (χ1v) is 10.0. The second-order valence-corrected chi connectivity index (χ2v) is 7.89. The maximum Gasteiger partial charge on any atom is 0.279 e. The van der Waals surface area contributed by atoms with E-state index >= 15 is 0 Å². The minimum absolute atomic E-state index is 0.273. The maximum atomic E-state index is 14.0. The summed E-state index contributed by atoms with van der Waals surface area (Å²) in [6, 6.07) is 5.54. The van der Waals surface area contributed by atoms with E-state index in [-0.39, 0.29) is 11.5 Å². The Bertz CT molecular complexity index is 885. The fourth-order valence-electron chi connectivity index (χ4n) is 3.18. The Morgan fingerprint density at radius 3 is 2.43 bits per heavy atom. The van der Waals surface area contributed by atoms with E-state index in [1.807, 2.05) is 6.07 Å².